The SMILES string of the molecule is CCC(Oc1ccc(Cl)cc1C(=O)c1ccccc1)C(=O)N(CC)CC. The lowest BCUT2D eigenvalue weighted by Crippen LogP contribution is -2.41. The lowest BCUT2D eigenvalue weighted by molar-refractivity contribution is -0.138. The quantitative estimate of drug-likeness (QED) is 0.635. The van der Waals surface area contributed by atoms with Gasteiger partial charge in [-0.2, -0.15) is 0 Å². The van der Waals surface area contributed by atoms with Crippen molar-refractivity contribution in [2.75, 3.05) is 13.1 Å². The molecular weight excluding hydrogens is 350 g/mol. The van der Waals surface area contributed by atoms with Gasteiger partial charge in [-0.15, -0.1) is 0 Å². The summed E-state index contributed by atoms with van der Waals surface area (Å²) in [7, 11) is 0. The molecule has 0 N–H and O–H groups in total. The van der Waals surface area contributed by atoms with Gasteiger partial charge in [-0.25, -0.2) is 0 Å². The Hall–Kier alpha value is -2.33. The molecule has 0 radical (unpaired) electrons. The summed E-state index contributed by atoms with van der Waals surface area (Å²) in [6, 6.07) is 13.8. The van der Waals surface area contributed by atoms with Crippen molar-refractivity contribution in [3.63, 3.8) is 0 Å². The van der Waals surface area contributed by atoms with Gasteiger partial charge >= 0.3 is 0 Å². The van der Waals surface area contributed by atoms with E-state index in [-0.39, 0.29) is 11.7 Å². The molecule has 1 atom stereocenters. The molecule has 0 saturated heterocycles. The first-order valence-corrected chi connectivity index (χ1v) is 9.24. The Morgan fingerprint density at radius 1 is 1.04 bits per heavy atom. The number of rotatable bonds is 8. The Morgan fingerprint density at radius 3 is 2.27 bits per heavy atom. The van der Waals surface area contributed by atoms with Gasteiger partial charge in [0.25, 0.3) is 5.91 Å². The minimum Gasteiger partial charge on any atom is -0.480 e. The first-order valence-electron chi connectivity index (χ1n) is 8.86. The Labute approximate surface area is 159 Å². The second-order valence-corrected chi connectivity index (χ2v) is 6.30. The summed E-state index contributed by atoms with van der Waals surface area (Å²) in [5.41, 5.74) is 0.900. The lowest BCUT2D eigenvalue weighted by atomic mass is 10.0. The van der Waals surface area contributed by atoms with Crippen molar-refractivity contribution in [2.24, 2.45) is 0 Å². The standard InChI is InChI=1S/C21H24ClNO3/c1-4-18(21(25)23(5-2)6-3)26-19-13-12-16(22)14-17(19)20(24)15-10-8-7-9-11-15/h7-14,18H,4-6H2,1-3H3. The molecule has 0 spiro atoms. The van der Waals surface area contributed by atoms with Crippen molar-refractivity contribution in [1.82, 2.24) is 4.90 Å². The minimum atomic E-state index is -0.640. The minimum absolute atomic E-state index is 0.0782. The van der Waals surface area contributed by atoms with Crippen LogP contribution in [0.25, 0.3) is 0 Å². The highest BCUT2D eigenvalue weighted by atomic mass is 35.5. The van der Waals surface area contributed by atoms with Crippen LogP contribution in [0.1, 0.15) is 43.1 Å². The zero-order valence-electron chi connectivity index (χ0n) is 15.4. The van der Waals surface area contributed by atoms with Gasteiger partial charge in [0.15, 0.2) is 11.9 Å². The van der Waals surface area contributed by atoms with Crippen LogP contribution in [-0.2, 0) is 4.79 Å². The van der Waals surface area contributed by atoms with E-state index in [0.29, 0.717) is 41.4 Å². The summed E-state index contributed by atoms with van der Waals surface area (Å²) in [6.45, 7) is 6.99. The molecule has 0 heterocycles. The van der Waals surface area contributed by atoms with Crippen LogP contribution in [0.5, 0.6) is 5.75 Å². The van der Waals surface area contributed by atoms with Crippen molar-refractivity contribution in [3.05, 3.63) is 64.7 Å². The van der Waals surface area contributed by atoms with Gasteiger partial charge in [0.1, 0.15) is 5.75 Å². The second-order valence-electron chi connectivity index (χ2n) is 5.86. The van der Waals surface area contributed by atoms with Gasteiger partial charge in [0.2, 0.25) is 0 Å². The number of benzene rings is 2. The zero-order chi connectivity index (χ0) is 19.1. The third-order valence-corrected chi connectivity index (χ3v) is 4.45. The summed E-state index contributed by atoms with van der Waals surface area (Å²) < 4.78 is 5.97. The van der Waals surface area contributed by atoms with E-state index in [1.165, 1.54) is 0 Å². The summed E-state index contributed by atoms with van der Waals surface area (Å²) >= 11 is 6.09. The Kier molecular flexibility index (Phi) is 7.22. The number of carbonyl (C=O) groups is 2. The average molecular weight is 374 g/mol. The van der Waals surface area contributed by atoms with E-state index < -0.39 is 6.10 Å². The number of nitrogens with zero attached hydrogens (tertiary/aromatic N) is 1. The van der Waals surface area contributed by atoms with Crippen LogP contribution >= 0.6 is 11.6 Å². The number of hydrogen-bond acceptors (Lipinski definition) is 3. The van der Waals surface area contributed by atoms with E-state index >= 15 is 0 Å². The van der Waals surface area contributed by atoms with Gasteiger partial charge in [-0.1, -0.05) is 48.9 Å². The zero-order valence-corrected chi connectivity index (χ0v) is 16.1. The molecule has 2 aromatic rings. The number of hydrogen-bond donors (Lipinski definition) is 0. The van der Waals surface area contributed by atoms with Crippen LogP contribution in [0.15, 0.2) is 48.5 Å². The van der Waals surface area contributed by atoms with Crippen molar-refractivity contribution in [2.45, 2.75) is 33.3 Å². The molecule has 0 bridgehead atoms. The molecule has 1 unspecified atom stereocenters. The fourth-order valence-corrected chi connectivity index (χ4v) is 2.90. The van der Waals surface area contributed by atoms with Crippen LogP contribution in [-0.4, -0.2) is 35.8 Å². The van der Waals surface area contributed by atoms with Crippen molar-refractivity contribution in [1.29, 1.82) is 0 Å². The summed E-state index contributed by atoms with van der Waals surface area (Å²) in [5.74, 6) is 0.106. The molecule has 0 saturated carbocycles. The molecule has 26 heavy (non-hydrogen) atoms. The number of amides is 1. The number of halogens is 1. The van der Waals surface area contributed by atoms with Gasteiger partial charge in [0.05, 0.1) is 5.56 Å². The highest BCUT2D eigenvalue weighted by Crippen LogP contribution is 2.27. The maximum absolute atomic E-state index is 12.9. The third kappa shape index (κ3) is 4.64. The second kappa shape index (κ2) is 9.39. The van der Waals surface area contributed by atoms with Crippen LogP contribution in [0.4, 0.5) is 0 Å². The Bertz CT molecular complexity index is 757. The van der Waals surface area contributed by atoms with Crippen LogP contribution in [0.2, 0.25) is 5.02 Å². The molecule has 0 aliphatic rings. The average Bonchev–Trinajstić information content (AvgIpc) is 2.67. The maximum Gasteiger partial charge on any atom is 0.263 e. The molecule has 1 amide bonds. The molecular formula is C21H24ClNO3. The fourth-order valence-electron chi connectivity index (χ4n) is 2.73. The molecule has 0 aromatic heterocycles. The highest BCUT2D eigenvalue weighted by molar-refractivity contribution is 6.31. The maximum atomic E-state index is 12.9. The van der Waals surface area contributed by atoms with Gasteiger partial charge in [0, 0.05) is 23.7 Å². The van der Waals surface area contributed by atoms with Gasteiger partial charge in [-0.05, 0) is 38.5 Å². The van der Waals surface area contributed by atoms with Gasteiger partial charge in [-0.3, -0.25) is 9.59 Å². The van der Waals surface area contributed by atoms with Crippen LogP contribution < -0.4 is 4.74 Å². The van der Waals surface area contributed by atoms with Crippen molar-refractivity contribution in [3.8, 4) is 5.75 Å². The number of ketones is 1. The predicted octanol–water partition coefficient (Wildman–Crippen LogP) is 4.60. The van der Waals surface area contributed by atoms with E-state index in [4.69, 9.17) is 16.3 Å². The Morgan fingerprint density at radius 2 is 1.69 bits per heavy atom. The largest absolute Gasteiger partial charge is 0.480 e. The monoisotopic (exact) mass is 373 g/mol. The third-order valence-electron chi connectivity index (χ3n) is 4.21. The molecule has 138 valence electrons. The summed E-state index contributed by atoms with van der Waals surface area (Å²) in [5, 5.41) is 0.444. The van der Waals surface area contributed by atoms with Gasteiger partial charge < -0.3 is 9.64 Å². The van der Waals surface area contributed by atoms with E-state index in [1.54, 1.807) is 47.4 Å². The lowest BCUT2D eigenvalue weighted by Gasteiger charge is -2.25. The summed E-state index contributed by atoms with van der Waals surface area (Å²) in [6.07, 6.45) is -0.130. The van der Waals surface area contributed by atoms with Crippen molar-refractivity contribution >= 4 is 23.3 Å². The molecule has 0 aliphatic heterocycles. The molecule has 2 rings (SSSR count). The highest BCUT2D eigenvalue weighted by Gasteiger charge is 2.25. The smallest absolute Gasteiger partial charge is 0.263 e. The topological polar surface area (TPSA) is 46.6 Å². The first-order chi connectivity index (χ1) is 12.5. The summed E-state index contributed by atoms with van der Waals surface area (Å²) in [4.78, 5) is 27.2. The number of carbonyl (C=O) groups excluding carboxylic acids is 2. The first kappa shape index (κ1) is 20.0. The van der Waals surface area contributed by atoms with E-state index in [2.05, 4.69) is 0 Å². The molecule has 0 aliphatic carbocycles. The Balaban J connectivity index is 2.34. The van der Waals surface area contributed by atoms with E-state index in [1.807, 2.05) is 26.8 Å². The fraction of sp³-hybridized carbons (Fsp3) is 0.333. The number of ether oxygens (including phenoxy) is 1. The van der Waals surface area contributed by atoms with E-state index in [0.717, 1.165) is 0 Å². The number of likely N-dealkylation sites (N-methyl/N-ethyl adjacent to an activating group) is 1. The predicted molar refractivity (Wildman–Crippen MR) is 104 cm³/mol. The molecule has 5 heteroatoms. The molecule has 0 fully saturated rings. The van der Waals surface area contributed by atoms with Crippen LogP contribution in [0, 0.1) is 0 Å². The van der Waals surface area contributed by atoms with Crippen molar-refractivity contribution < 1.29 is 14.3 Å². The normalized spacial score (nSPS) is 11.7. The van der Waals surface area contributed by atoms with Crippen LogP contribution in [0.3, 0.4) is 0 Å². The van der Waals surface area contributed by atoms with E-state index in [9.17, 15) is 9.59 Å². The molecule has 2 aromatic carbocycles. The molecule has 4 nitrogen and oxygen atoms in total.